The van der Waals surface area contributed by atoms with E-state index in [1.807, 2.05) is 0 Å². The number of hydrogen-bond donors (Lipinski definition) is 1. The highest BCUT2D eigenvalue weighted by molar-refractivity contribution is 7.90. The largest absolute Gasteiger partial charge is 0.416 e. The average molecular weight is 309 g/mol. The van der Waals surface area contributed by atoms with E-state index >= 15 is 0 Å². The zero-order valence-corrected chi connectivity index (χ0v) is 12.2. The average Bonchev–Trinajstić information content (AvgIpc) is 2.32. The van der Waals surface area contributed by atoms with E-state index in [9.17, 15) is 21.6 Å². The van der Waals surface area contributed by atoms with Crippen molar-refractivity contribution in [3.05, 3.63) is 35.4 Å². The SMILES string of the molecule is CNC(CCCS(C)(=O)=O)c1ccccc1C(F)(F)F. The van der Waals surface area contributed by atoms with Crippen molar-refractivity contribution in [2.45, 2.75) is 25.1 Å². The Hall–Kier alpha value is -1.08. The predicted molar refractivity (Wildman–Crippen MR) is 72.2 cm³/mol. The van der Waals surface area contributed by atoms with Crippen LogP contribution in [-0.4, -0.2) is 27.5 Å². The highest BCUT2D eigenvalue weighted by atomic mass is 32.2. The summed E-state index contributed by atoms with van der Waals surface area (Å²) in [5.74, 6) is -0.0284. The van der Waals surface area contributed by atoms with Crippen LogP contribution in [0.1, 0.15) is 30.0 Å². The zero-order valence-electron chi connectivity index (χ0n) is 11.4. The van der Waals surface area contributed by atoms with Gasteiger partial charge in [0.05, 0.1) is 5.56 Å². The summed E-state index contributed by atoms with van der Waals surface area (Å²) in [6.07, 6.45) is -2.65. The third-order valence-corrected chi connectivity index (χ3v) is 4.03. The zero-order chi connectivity index (χ0) is 15.4. The Kier molecular flexibility index (Phi) is 5.59. The van der Waals surface area contributed by atoms with Crippen molar-refractivity contribution in [1.82, 2.24) is 5.32 Å². The molecule has 0 spiro atoms. The lowest BCUT2D eigenvalue weighted by Gasteiger charge is -2.21. The molecule has 1 rings (SSSR count). The van der Waals surface area contributed by atoms with Crippen LogP contribution in [0.25, 0.3) is 0 Å². The van der Waals surface area contributed by atoms with Gasteiger partial charge in [0.1, 0.15) is 9.84 Å². The smallest absolute Gasteiger partial charge is 0.313 e. The van der Waals surface area contributed by atoms with E-state index in [0.29, 0.717) is 12.8 Å². The summed E-state index contributed by atoms with van der Waals surface area (Å²) in [4.78, 5) is 0. The van der Waals surface area contributed by atoms with Crippen LogP contribution in [0, 0.1) is 0 Å². The van der Waals surface area contributed by atoms with Crippen LogP contribution in [-0.2, 0) is 16.0 Å². The maximum Gasteiger partial charge on any atom is 0.416 e. The van der Waals surface area contributed by atoms with Crippen molar-refractivity contribution in [3.63, 3.8) is 0 Å². The van der Waals surface area contributed by atoms with Gasteiger partial charge in [0.15, 0.2) is 0 Å². The molecule has 7 heteroatoms. The van der Waals surface area contributed by atoms with Gasteiger partial charge in [-0.15, -0.1) is 0 Å². The number of benzene rings is 1. The van der Waals surface area contributed by atoms with E-state index in [1.165, 1.54) is 12.1 Å². The molecule has 0 bridgehead atoms. The maximum atomic E-state index is 12.9. The third-order valence-electron chi connectivity index (χ3n) is 3.00. The van der Waals surface area contributed by atoms with Gasteiger partial charge in [-0.1, -0.05) is 18.2 Å². The van der Waals surface area contributed by atoms with Gasteiger partial charge in [-0.3, -0.25) is 0 Å². The van der Waals surface area contributed by atoms with Crippen LogP contribution in [0.3, 0.4) is 0 Å². The standard InChI is InChI=1S/C13H18F3NO2S/c1-17-12(8-5-9-20(2,18)19)10-6-3-4-7-11(10)13(14,15)16/h3-4,6-7,12,17H,5,8-9H2,1-2H3. The lowest BCUT2D eigenvalue weighted by molar-refractivity contribution is -0.138. The first kappa shape index (κ1) is 17.0. The van der Waals surface area contributed by atoms with Crippen molar-refractivity contribution in [1.29, 1.82) is 0 Å². The molecule has 20 heavy (non-hydrogen) atoms. The highest BCUT2D eigenvalue weighted by Gasteiger charge is 2.34. The molecule has 114 valence electrons. The van der Waals surface area contributed by atoms with Crippen LogP contribution in [0.4, 0.5) is 13.2 Å². The Balaban J connectivity index is 2.90. The molecule has 1 aromatic carbocycles. The molecule has 0 radical (unpaired) electrons. The second-order valence-corrected chi connectivity index (χ2v) is 6.96. The Morgan fingerprint density at radius 1 is 1.25 bits per heavy atom. The van der Waals surface area contributed by atoms with Crippen LogP contribution < -0.4 is 5.32 Å². The molecule has 3 nitrogen and oxygen atoms in total. The number of alkyl halides is 3. The Morgan fingerprint density at radius 2 is 1.85 bits per heavy atom. The number of halogens is 3. The maximum absolute atomic E-state index is 12.9. The summed E-state index contributed by atoms with van der Waals surface area (Å²) in [6, 6.07) is 4.83. The molecule has 0 heterocycles. The fourth-order valence-corrected chi connectivity index (χ4v) is 2.76. The highest BCUT2D eigenvalue weighted by Crippen LogP contribution is 2.35. The lowest BCUT2D eigenvalue weighted by atomic mass is 9.97. The number of sulfone groups is 1. The van der Waals surface area contributed by atoms with E-state index in [4.69, 9.17) is 0 Å². The second-order valence-electron chi connectivity index (χ2n) is 4.70. The molecule has 1 atom stereocenters. The molecule has 0 aliphatic rings. The predicted octanol–water partition coefficient (Wildman–Crippen LogP) is 2.79. The summed E-state index contributed by atoms with van der Waals surface area (Å²) in [5, 5.41) is 2.82. The number of hydrogen-bond acceptors (Lipinski definition) is 3. The van der Waals surface area contributed by atoms with Crippen LogP contribution >= 0.6 is 0 Å². The fourth-order valence-electron chi connectivity index (χ4n) is 2.06. The van der Waals surface area contributed by atoms with Crippen molar-refractivity contribution in [3.8, 4) is 0 Å². The Labute approximate surface area is 117 Å². The first-order chi connectivity index (χ1) is 9.15. The second kappa shape index (κ2) is 6.58. The first-order valence-electron chi connectivity index (χ1n) is 6.16. The summed E-state index contributed by atoms with van der Waals surface area (Å²) in [7, 11) is -1.53. The summed E-state index contributed by atoms with van der Waals surface area (Å²) in [5.41, 5.74) is -0.533. The molecular formula is C13H18F3NO2S. The lowest BCUT2D eigenvalue weighted by Crippen LogP contribution is -2.21. The van der Waals surface area contributed by atoms with Gasteiger partial charge in [-0.25, -0.2) is 8.42 Å². The minimum atomic E-state index is -4.41. The summed E-state index contributed by atoms with van der Waals surface area (Å²) >= 11 is 0. The Morgan fingerprint density at radius 3 is 2.35 bits per heavy atom. The molecule has 0 saturated heterocycles. The molecule has 0 aliphatic carbocycles. The van der Waals surface area contributed by atoms with Crippen LogP contribution in [0.5, 0.6) is 0 Å². The van der Waals surface area contributed by atoms with Crippen molar-refractivity contribution >= 4 is 9.84 Å². The van der Waals surface area contributed by atoms with Gasteiger partial charge in [-0.2, -0.15) is 13.2 Å². The van der Waals surface area contributed by atoms with Gasteiger partial charge >= 0.3 is 6.18 Å². The minimum Gasteiger partial charge on any atom is -0.313 e. The van der Waals surface area contributed by atoms with Crippen molar-refractivity contribution < 1.29 is 21.6 Å². The van der Waals surface area contributed by atoms with Crippen LogP contribution in [0.15, 0.2) is 24.3 Å². The van der Waals surface area contributed by atoms with E-state index in [1.54, 1.807) is 13.1 Å². The Bertz CT molecular complexity index is 541. The summed E-state index contributed by atoms with van der Waals surface area (Å²) in [6.45, 7) is 0. The monoisotopic (exact) mass is 309 g/mol. The van der Waals surface area contributed by atoms with E-state index in [0.717, 1.165) is 12.3 Å². The number of nitrogens with one attached hydrogen (secondary N) is 1. The van der Waals surface area contributed by atoms with Gasteiger partial charge in [0, 0.05) is 18.1 Å². The fraction of sp³-hybridized carbons (Fsp3) is 0.538. The molecule has 0 fully saturated rings. The molecule has 0 amide bonds. The van der Waals surface area contributed by atoms with E-state index in [-0.39, 0.29) is 11.3 Å². The molecule has 1 aromatic rings. The summed E-state index contributed by atoms with van der Waals surface area (Å²) < 4.78 is 60.9. The van der Waals surface area contributed by atoms with Crippen molar-refractivity contribution in [2.24, 2.45) is 0 Å². The van der Waals surface area contributed by atoms with Crippen LogP contribution in [0.2, 0.25) is 0 Å². The molecule has 0 aliphatic heterocycles. The number of rotatable bonds is 6. The molecule has 1 N–H and O–H groups in total. The quantitative estimate of drug-likeness (QED) is 0.879. The van der Waals surface area contributed by atoms with Gasteiger partial charge in [0.25, 0.3) is 0 Å². The molecule has 0 saturated carbocycles. The van der Waals surface area contributed by atoms with E-state index < -0.39 is 27.6 Å². The van der Waals surface area contributed by atoms with Gasteiger partial charge in [0.2, 0.25) is 0 Å². The first-order valence-corrected chi connectivity index (χ1v) is 8.22. The molecular weight excluding hydrogens is 291 g/mol. The van der Waals surface area contributed by atoms with Gasteiger partial charge < -0.3 is 5.32 Å². The molecule has 1 unspecified atom stereocenters. The normalized spacial score (nSPS) is 14.2. The van der Waals surface area contributed by atoms with E-state index in [2.05, 4.69) is 5.32 Å². The third kappa shape index (κ3) is 5.13. The van der Waals surface area contributed by atoms with Crippen molar-refractivity contribution in [2.75, 3.05) is 19.1 Å². The minimum absolute atomic E-state index is 0.0284. The molecule has 0 aromatic heterocycles. The topological polar surface area (TPSA) is 46.2 Å². The van der Waals surface area contributed by atoms with Gasteiger partial charge in [-0.05, 0) is 31.5 Å².